The first kappa shape index (κ1) is 23.8. The van der Waals surface area contributed by atoms with Gasteiger partial charge >= 0.3 is 0 Å². The number of aliphatic hydroxyl groups is 1. The largest absolute Gasteiger partial charge is 0.497 e. The molecule has 9 nitrogen and oxygen atoms in total. The highest BCUT2D eigenvalue weighted by molar-refractivity contribution is 7.73. The number of methoxy groups -OCH3 is 2. The molecule has 0 aliphatic rings. The fourth-order valence-electron chi connectivity index (χ4n) is 2.73. The van der Waals surface area contributed by atoms with Crippen LogP contribution in [0.3, 0.4) is 0 Å². The highest BCUT2D eigenvalue weighted by Crippen LogP contribution is 2.23. The number of anilines is 3. The predicted molar refractivity (Wildman–Crippen MR) is 126 cm³/mol. The Morgan fingerprint density at radius 2 is 1.79 bits per heavy atom. The summed E-state index contributed by atoms with van der Waals surface area (Å²) >= 11 is 0. The summed E-state index contributed by atoms with van der Waals surface area (Å²) in [6, 6.07) is 11.7. The van der Waals surface area contributed by atoms with Gasteiger partial charge in [0.25, 0.3) is 0 Å². The van der Waals surface area contributed by atoms with Crippen LogP contribution in [0.2, 0.25) is 0 Å². The normalized spacial score (nSPS) is 11.3. The molecule has 0 radical (unpaired) electrons. The molecule has 0 aliphatic carbocycles. The minimum atomic E-state index is -1.79. The molecule has 0 saturated carbocycles. The molecule has 0 bridgehead atoms. The van der Waals surface area contributed by atoms with Gasteiger partial charge in [-0.2, -0.15) is 15.6 Å². The Morgan fingerprint density at radius 1 is 1.12 bits per heavy atom. The predicted octanol–water partition coefficient (Wildman–Crippen LogP) is 3.51. The van der Waals surface area contributed by atoms with Gasteiger partial charge in [-0.3, -0.25) is 0 Å². The number of nitrogens with one attached hydrogen (secondary N) is 3. The summed E-state index contributed by atoms with van der Waals surface area (Å²) in [5.74, 6) is 8.16. The molecule has 0 spiro atoms. The maximum absolute atomic E-state index is 11.2. The van der Waals surface area contributed by atoms with Crippen molar-refractivity contribution in [3.63, 3.8) is 0 Å². The second-order valence-electron chi connectivity index (χ2n) is 6.95. The van der Waals surface area contributed by atoms with Gasteiger partial charge in [-0.1, -0.05) is 28.9 Å². The van der Waals surface area contributed by atoms with Crippen molar-refractivity contribution in [2.45, 2.75) is 17.9 Å². The van der Waals surface area contributed by atoms with Crippen LogP contribution in [0.5, 0.6) is 11.5 Å². The van der Waals surface area contributed by atoms with E-state index in [1.54, 1.807) is 62.9 Å². The zero-order valence-electron chi connectivity index (χ0n) is 18.4. The standard InChI is InChI=1S/C23H24N5O4S/c1-15(14-29)26-22-17(5-4-16-10-19(31-2)12-20(11-16)32-3)13-25-23(28-22)27-18-6-8-21(9-7-18)33(24)30/h6-13,15,24,29H,14H2,1-3H3,(H2,25,26,27,28)/q-1/t15-/m1/s1. The van der Waals surface area contributed by atoms with E-state index in [2.05, 4.69) is 32.4 Å². The molecule has 4 N–H and O–H groups in total. The molecule has 0 unspecified atom stereocenters. The van der Waals surface area contributed by atoms with Crippen molar-refractivity contribution in [2.24, 2.45) is 0 Å². The van der Waals surface area contributed by atoms with Gasteiger partial charge in [-0.15, -0.1) is 0 Å². The summed E-state index contributed by atoms with van der Waals surface area (Å²) < 4.78 is 29.1. The molecule has 0 aliphatic heterocycles. The number of nitrogens with zero attached hydrogens (tertiary/aromatic N) is 2. The fraction of sp³-hybridized carbons (Fsp3) is 0.217. The lowest BCUT2D eigenvalue weighted by Crippen LogP contribution is -2.21. The summed E-state index contributed by atoms with van der Waals surface area (Å²) in [5, 5.41) is 15.7. The SMILES string of the molecule is COc1cc(C#Cc2cnc(Nc3ccc([S-](=N)=O)cc3)nc2N[C@H](C)CO)cc(OC)c1. The van der Waals surface area contributed by atoms with Gasteiger partial charge in [0, 0.05) is 23.4 Å². The Labute approximate surface area is 194 Å². The van der Waals surface area contributed by atoms with Crippen molar-refractivity contribution in [3.05, 3.63) is 59.8 Å². The second-order valence-corrected chi connectivity index (χ2v) is 7.96. The van der Waals surface area contributed by atoms with Crippen LogP contribution in [0.1, 0.15) is 18.1 Å². The summed E-state index contributed by atoms with van der Waals surface area (Å²) in [6.45, 7) is 1.73. The lowest BCUT2D eigenvalue weighted by atomic mass is 10.2. The Kier molecular flexibility index (Phi) is 8.07. The Balaban J connectivity index is 1.91. The van der Waals surface area contributed by atoms with Gasteiger partial charge in [0.15, 0.2) is 0 Å². The lowest BCUT2D eigenvalue weighted by molar-refractivity contribution is 0.281. The van der Waals surface area contributed by atoms with Crippen LogP contribution in [0.25, 0.3) is 0 Å². The number of aromatic nitrogens is 2. The van der Waals surface area contributed by atoms with Gasteiger partial charge < -0.3 is 34.2 Å². The van der Waals surface area contributed by atoms with Crippen molar-refractivity contribution < 1.29 is 18.8 Å². The highest BCUT2D eigenvalue weighted by Gasteiger charge is 2.09. The summed E-state index contributed by atoms with van der Waals surface area (Å²) in [7, 11) is 1.35. The lowest BCUT2D eigenvalue weighted by Gasteiger charge is -2.14. The smallest absolute Gasteiger partial charge is 0.229 e. The third-order valence-electron chi connectivity index (χ3n) is 4.46. The van der Waals surface area contributed by atoms with Gasteiger partial charge in [-0.05, 0) is 31.2 Å². The van der Waals surface area contributed by atoms with Crippen LogP contribution in [0, 0.1) is 16.6 Å². The average Bonchev–Trinajstić information content (AvgIpc) is 2.83. The molecule has 0 fully saturated rings. The second kappa shape index (κ2) is 11.2. The molecular weight excluding hydrogens is 442 g/mol. The van der Waals surface area contributed by atoms with Crippen LogP contribution in [-0.2, 0) is 14.8 Å². The van der Waals surface area contributed by atoms with Crippen molar-refractivity contribution >= 4 is 28.0 Å². The zero-order chi connectivity index (χ0) is 23.8. The van der Waals surface area contributed by atoms with E-state index in [1.165, 1.54) is 0 Å². The quantitative estimate of drug-likeness (QED) is 0.293. The molecule has 10 heteroatoms. The van der Waals surface area contributed by atoms with Gasteiger partial charge in [0.05, 0.1) is 32.6 Å². The number of aliphatic hydroxyl groups excluding tert-OH is 1. The topological polar surface area (TPSA) is 129 Å². The number of hydrogen-bond donors (Lipinski definition) is 4. The Hall–Kier alpha value is -3.81. The molecule has 3 rings (SSSR count). The summed E-state index contributed by atoms with van der Waals surface area (Å²) in [4.78, 5) is 9.23. The first-order valence-corrected chi connectivity index (χ1v) is 11.1. The van der Waals surface area contributed by atoms with Crippen molar-refractivity contribution in [1.82, 2.24) is 9.97 Å². The number of benzene rings is 2. The number of hydrogen-bond acceptors (Lipinski definition) is 10. The summed E-state index contributed by atoms with van der Waals surface area (Å²) in [6.07, 6.45) is 1.58. The maximum Gasteiger partial charge on any atom is 0.229 e. The van der Waals surface area contributed by atoms with Gasteiger partial charge in [-0.25, -0.2) is 4.98 Å². The molecule has 0 amide bonds. The molecule has 2 aromatic carbocycles. The third-order valence-corrected chi connectivity index (χ3v) is 5.16. The molecule has 1 aromatic heterocycles. The molecule has 1 atom stereocenters. The first-order valence-electron chi connectivity index (χ1n) is 9.91. The molecule has 1 heterocycles. The van der Waals surface area contributed by atoms with Crippen molar-refractivity contribution in [3.8, 4) is 23.3 Å². The van der Waals surface area contributed by atoms with E-state index in [0.717, 1.165) is 0 Å². The molecule has 172 valence electrons. The van der Waals surface area contributed by atoms with Gasteiger partial charge in [0.2, 0.25) is 5.95 Å². The van der Waals surface area contributed by atoms with Crippen LogP contribution in [-0.4, -0.2) is 41.9 Å². The first-order chi connectivity index (χ1) is 15.9. The van der Waals surface area contributed by atoms with Crippen LogP contribution < -0.4 is 20.1 Å². The van der Waals surface area contributed by atoms with E-state index in [9.17, 15) is 9.32 Å². The van der Waals surface area contributed by atoms with E-state index in [-0.39, 0.29) is 12.6 Å². The summed E-state index contributed by atoms with van der Waals surface area (Å²) in [5.41, 5.74) is 1.91. The minimum absolute atomic E-state index is 0.0849. The molecule has 3 aromatic rings. The number of ether oxygens (including phenoxy) is 2. The molecule has 0 saturated heterocycles. The van der Waals surface area contributed by atoms with Crippen LogP contribution in [0.4, 0.5) is 17.5 Å². The Morgan fingerprint density at radius 3 is 2.36 bits per heavy atom. The van der Waals surface area contributed by atoms with Crippen molar-refractivity contribution in [2.75, 3.05) is 31.5 Å². The number of rotatable bonds is 8. The zero-order valence-corrected chi connectivity index (χ0v) is 19.2. The van der Waals surface area contributed by atoms with E-state index in [1.807, 2.05) is 6.92 Å². The van der Waals surface area contributed by atoms with Crippen LogP contribution in [0.15, 0.2) is 53.6 Å². The van der Waals surface area contributed by atoms with E-state index < -0.39 is 10.6 Å². The fourth-order valence-corrected chi connectivity index (χ4v) is 3.12. The Bertz CT molecular complexity index is 1220. The van der Waals surface area contributed by atoms with E-state index in [4.69, 9.17) is 14.3 Å². The minimum Gasteiger partial charge on any atom is -0.497 e. The monoisotopic (exact) mass is 466 g/mol. The third kappa shape index (κ3) is 6.58. The van der Waals surface area contributed by atoms with E-state index >= 15 is 0 Å². The average molecular weight is 467 g/mol. The molecule has 33 heavy (non-hydrogen) atoms. The van der Waals surface area contributed by atoms with Crippen LogP contribution >= 0.6 is 0 Å². The van der Waals surface area contributed by atoms with Crippen molar-refractivity contribution in [1.29, 1.82) is 4.78 Å². The maximum atomic E-state index is 11.2. The molecular formula is C23H24N5O4S-. The van der Waals surface area contributed by atoms with E-state index in [0.29, 0.717) is 45.0 Å². The van der Waals surface area contributed by atoms with Gasteiger partial charge in [0.1, 0.15) is 17.3 Å². The highest BCUT2D eigenvalue weighted by atomic mass is 32.2.